The maximum absolute atomic E-state index is 13.2. The highest BCUT2D eigenvalue weighted by molar-refractivity contribution is 7.89. The predicted octanol–water partition coefficient (Wildman–Crippen LogP) is 3.30. The Labute approximate surface area is 139 Å². The van der Waals surface area contributed by atoms with Crippen LogP contribution in [0.2, 0.25) is 0 Å². The lowest BCUT2D eigenvalue weighted by Crippen LogP contribution is -2.42. The molecule has 0 fully saturated rings. The van der Waals surface area contributed by atoms with E-state index in [-0.39, 0.29) is 12.1 Å². The molecule has 1 heterocycles. The van der Waals surface area contributed by atoms with Crippen molar-refractivity contribution in [3.63, 3.8) is 0 Å². The van der Waals surface area contributed by atoms with Crippen molar-refractivity contribution in [2.24, 2.45) is 0 Å². The van der Waals surface area contributed by atoms with Gasteiger partial charge in [-0.2, -0.15) is 9.40 Å². The lowest BCUT2D eigenvalue weighted by Gasteiger charge is -2.29. The Hall–Kier alpha value is -1.66. The van der Waals surface area contributed by atoms with Gasteiger partial charge in [-0.3, -0.25) is 0 Å². The quantitative estimate of drug-likeness (QED) is 0.842. The van der Waals surface area contributed by atoms with Crippen molar-refractivity contribution < 1.29 is 8.42 Å². The molecule has 1 aromatic carbocycles. The molecule has 0 N–H and O–H groups in total. The molecule has 0 aliphatic carbocycles. The van der Waals surface area contributed by atoms with E-state index in [9.17, 15) is 8.42 Å². The van der Waals surface area contributed by atoms with E-state index in [4.69, 9.17) is 0 Å². The fourth-order valence-corrected chi connectivity index (χ4v) is 5.27. The molecule has 0 radical (unpaired) electrons. The highest BCUT2D eigenvalue weighted by Gasteiger charge is 2.34. The van der Waals surface area contributed by atoms with Crippen LogP contribution in [0.15, 0.2) is 35.2 Å². The molecule has 0 unspecified atom stereocenters. The maximum Gasteiger partial charge on any atom is 0.247 e. The largest absolute Gasteiger partial charge is 0.247 e. The molecule has 0 atom stereocenters. The Morgan fingerprint density at radius 2 is 1.52 bits per heavy atom. The van der Waals surface area contributed by atoms with Crippen molar-refractivity contribution in [1.29, 1.82) is 0 Å². The molecular weight excluding hydrogens is 310 g/mol. The summed E-state index contributed by atoms with van der Waals surface area (Å²) in [6, 6.07) is 9.35. The highest BCUT2D eigenvalue weighted by atomic mass is 32.2. The zero-order chi connectivity index (χ0) is 17.4. The zero-order valence-electron chi connectivity index (χ0n) is 14.6. The number of aromatic nitrogens is 2. The minimum atomic E-state index is -3.60. The van der Waals surface area contributed by atoms with Gasteiger partial charge in [-0.15, -0.1) is 0 Å². The second-order valence-corrected chi connectivity index (χ2v) is 8.05. The van der Waals surface area contributed by atoms with Gasteiger partial charge in [0, 0.05) is 12.1 Å². The standard InChI is InChI=1S/C17H25N3O2S/c1-12(2)20(13(3)4)23(21,22)17-14(5)18-19(15(17)6)16-10-8-7-9-11-16/h7-13H,1-6H3. The van der Waals surface area contributed by atoms with Gasteiger partial charge in [-0.05, 0) is 53.7 Å². The topological polar surface area (TPSA) is 55.2 Å². The minimum Gasteiger partial charge on any atom is -0.236 e. The molecule has 5 nitrogen and oxygen atoms in total. The predicted molar refractivity (Wildman–Crippen MR) is 92.3 cm³/mol. The van der Waals surface area contributed by atoms with E-state index in [1.807, 2.05) is 58.0 Å². The normalized spacial score (nSPS) is 12.6. The van der Waals surface area contributed by atoms with Gasteiger partial charge in [-0.1, -0.05) is 18.2 Å². The van der Waals surface area contributed by atoms with Crippen LogP contribution in [0.1, 0.15) is 39.1 Å². The van der Waals surface area contributed by atoms with Gasteiger partial charge in [0.15, 0.2) is 0 Å². The van der Waals surface area contributed by atoms with Crippen molar-refractivity contribution in [1.82, 2.24) is 14.1 Å². The first-order chi connectivity index (χ1) is 10.7. The summed E-state index contributed by atoms with van der Waals surface area (Å²) in [5.74, 6) is 0. The van der Waals surface area contributed by atoms with Crippen LogP contribution in [0.4, 0.5) is 0 Å². The fraction of sp³-hybridized carbons (Fsp3) is 0.471. The molecule has 2 aromatic rings. The van der Waals surface area contributed by atoms with E-state index < -0.39 is 10.0 Å². The van der Waals surface area contributed by atoms with E-state index >= 15 is 0 Å². The lowest BCUT2D eigenvalue weighted by atomic mass is 10.3. The molecule has 0 spiro atoms. The monoisotopic (exact) mass is 335 g/mol. The first kappa shape index (κ1) is 17.7. The number of benzene rings is 1. The molecule has 23 heavy (non-hydrogen) atoms. The number of rotatable bonds is 5. The smallest absolute Gasteiger partial charge is 0.236 e. The Bertz CT molecular complexity index is 770. The van der Waals surface area contributed by atoms with Crippen molar-refractivity contribution in [2.75, 3.05) is 0 Å². The third-order valence-electron chi connectivity index (χ3n) is 3.78. The molecule has 0 aliphatic heterocycles. The van der Waals surface area contributed by atoms with Gasteiger partial charge in [0.05, 0.1) is 17.1 Å². The van der Waals surface area contributed by atoms with Gasteiger partial charge in [-0.25, -0.2) is 13.1 Å². The second kappa shape index (κ2) is 6.45. The second-order valence-electron chi connectivity index (χ2n) is 6.27. The first-order valence-electron chi connectivity index (χ1n) is 7.83. The number of hydrogen-bond acceptors (Lipinski definition) is 3. The summed E-state index contributed by atoms with van der Waals surface area (Å²) < 4.78 is 29.6. The molecule has 0 amide bonds. The molecule has 0 saturated heterocycles. The Morgan fingerprint density at radius 1 is 1.00 bits per heavy atom. The molecular formula is C17H25N3O2S. The van der Waals surface area contributed by atoms with Crippen molar-refractivity contribution in [3.8, 4) is 5.69 Å². The van der Waals surface area contributed by atoms with Crippen LogP contribution < -0.4 is 0 Å². The molecule has 6 heteroatoms. The highest BCUT2D eigenvalue weighted by Crippen LogP contribution is 2.28. The minimum absolute atomic E-state index is 0.112. The summed E-state index contributed by atoms with van der Waals surface area (Å²) >= 11 is 0. The van der Waals surface area contributed by atoms with Gasteiger partial charge in [0.2, 0.25) is 10.0 Å². The van der Waals surface area contributed by atoms with Crippen molar-refractivity contribution in [3.05, 3.63) is 41.7 Å². The van der Waals surface area contributed by atoms with Gasteiger partial charge >= 0.3 is 0 Å². The third-order valence-corrected chi connectivity index (χ3v) is 6.28. The van der Waals surface area contributed by atoms with E-state index in [0.29, 0.717) is 16.3 Å². The van der Waals surface area contributed by atoms with Crippen LogP contribution in [0.3, 0.4) is 0 Å². The van der Waals surface area contributed by atoms with Crippen LogP contribution in [0, 0.1) is 13.8 Å². The molecule has 126 valence electrons. The Balaban J connectivity index is 2.63. The van der Waals surface area contributed by atoms with Gasteiger partial charge < -0.3 is 0 Å². The summed E-state index contributed by atoms with van der Waals surface area (Å²) in [5.41, 5.74) is 2.02. The third kappa shape index (κ3) is 3.19. The van der Waals surface area contributed by atoms with Crippen LogP contribution in [-0.4, -0.2) is 34.6 Å². The van der Waals surface area contributed by atoms with Gasteiger partial charge in [0.25, 0.3) is 0 Å². The summed E-state index contributed by atoms with van der Waals surface area (Å²) in [4.78, 5) is 0.309. The van der Waals surface area contributed by atoms with E-state index in [2.05, 4.69) is 5.10 Å². The van der Waals surface area contributed by atoms with Crippen LogP contribution in [0.25, 0.3) is 5.69 Å². The number of hydrogen-bond donors (Lipinski definition) is 0. The maximum atomic E-state index is 13.2. The number of nitrogens with zero attached hydrogens (tertiary/aromatic N) is 3. The van der Waals surface area contributed by atoms with Gasteiger partial charge in [0.1, 0.15) is 4.90 Å². The average Bonchev–Trinajstić information content (AvgIpc) is 2.74. The van der Waals surface area contributed by atoms with Crippen LogP contribution >= 0.6 is 0 Å². The van der Waals surface area contributed by atoms with Crippen molar-refractivity contribution >= 4 is 10.0 Å². The van der Waals surface area contributed by atoms with E-state index in [0.717, 1.165) is 5.69 Å². The van der Waals surface area contributed by atoms with E-state index in [1.54, 1.807) is 22.8 Å². The summed E-state index contributed by atoms with van der Waals surface area (Å²) in [6.07, 6.45) is 0. The Morgan fingerprint density at radius 3 is 2.00 bits per heavy atom. The fourth-order valence-electron chi connectivity index (χ4n) is 3.08. The Kier molecular flexibility index (Phi) is 4.96. The molecule has 2 rings (SSSR count). The molecule has 0 bridgehead atoms. The summed E-state index contributed by atoms with van der Waals surface area (Å²) in [6.45, 7) is 11.1. The zero-order valence-corrected chi connectivity index (χ0v) is 15.4. The van der Waals surface area contributed by atoms with Crippen molar-refractivity contribution in [2.45, 2.75) is 58.5 Å². The average molecular weight is 335 g/mol. The molecule has 0 aliphatic rings. The van der Waals surface area contributed by atoms with Crippen LogP contribution in [0.5, 0.6) is 0 Å². The molecule has 1 aromatic heterocycles. The van der Waals surface area contributed by atoms with E-state index in [1.165, 1.54) is 0 Å². The lowest BCUT2D eigenvalue weighted by molar-refractivity contribution is 0.302. The summed E-state index contributed by atoms with van der Waals surface area (Å²) in [7, 11) is -3.60. The molecule has 0 saturated carbocycles. The van der Waals surface area contributed by atoms with Crippen LogP contribution in [-0.2, 0) is 10.0 Å². The number of aryl methyl sites for hydroxylation is 1. The SMILES string of the molecule is Cc1nn(-c2ccccc2)c(C)c1S(=O)(=O)N(C(C)C)C(C)C. The number of sulfonamides is 1. The number of para-hydroxylation sites is 1. The first-order valence-corrected chi connectivity index (χ1v) is 9.27. The summed E-state index contributed by atoms with van der Waals surface area (Å²) in [5, 5.41) is 4.46.